The van der Waals surface area contributed by atoms with Gasteiger partial charge < -0.3 is 5.73 Å². The first-order valence-electron chi connectivity index (χ1n) is 7.35. The number of amides is 1. The number of hydrogen-bond donors (Lipinski definition) is 1. The molecular formula is C18H16N4OS. The molecule has 24 heavy (non-hydrogen) atoms. The van der Waals surface area contributed by atoms with E-state index in [0.717, 1.165) is 17.3 Å². The van der Waals surface area contributed by atoms with Crippen molar-refractivity contribution in [1.29, 1.82) is 5.26 Å². The van der Waals surface area contributed by atoms with E-state index in [1.807, 2.05) is 37.3 Å². The summed E-state index contributed by atoms with van der Waals surface area (Å²) in [6.45, 7) is 10.9. The molecule has 6 heteroatoms. The lowest BCUT2D eigenvalue weighted by atomic mass is 10.1. The maximum Gasteiger partial charge on any atom is 0.235 e. The molecule has 0 radical (unpaired) electrons. The summed E-state index contributed by atoms with van der Waals surface area (Å²) in [5.74, 6) is -0.498. The SMILES string of the molecule is [C-]#[N+]c1c(C)nc(SC(C(N)=O)c2ccccc2)c(C#N)c1CC. The summed E-state index contributed by atoms with van der Waals surface area (Å²) in [5, 5.41) is 9.33. The van der Waals surface area contributed by atoms with Gasteiger partial charge in [0.2, 0.25) is 11.6 Å². The van der Waals surface area contributed by atoms with Gasteiger partial charge in [-0.15, -0.1) is 0 Å². The molecule has 0 aliphatic rings. The van der Waals surface area contributed by atoms with Crippen molar-refractivity contribution < 1.29 is 4.79 Å². The lowest BCUT2D eigenvalue weighted by Gasteiger charge is -2.16. The Kier molecular flexibility index (Phi) is 5.57. The Balaban J connectivity index is 2.56. The minimum atomic E-state index is -0.645. The molecule has 0 spiro atoms. The second-order valence-corrected chi connectivity index (χ2v) is 6.19. The average Bonchev–Trinajstić information content (AvgIpc) is 2.59. The Labute approximate surface area is 145 Å². The van der Waals surface area contributed by atoms with Crippen molar-refractivity contribution >= 4 is 23.4 Å². The Morgan fingerprint density at radius 3 is 2.62 bits per heavy atom. The number of nitrogens with two attached hydrogens (primary N) is 1. The predicted molar refractivity (Wildman–Crippen MR) is 93.6 cm³/mol. The lowest BCUT2D eigenvalue weighted by molar-refractivity contribution is -0.117. The maximum atomic E-state index is 11.9. The highest BCUT2D eigenvalue weighted by molar-refractivity contribution is 8.00. The van der Waals surface area contributed by atoms with Crippen molar-refractivity contribution in [2.45, 2.75) is 30.5 Å². The highest BCUT2D eigenvalue weighted by Gasteiger charge is 2.24. The summed E-state index contributed by atoms with van der Waals surface area (Å²) in [6, 6.07) is 11.3. The van der Waals surface area contributed by atoms with Crippen molar-refractivity contribution in [3.63, 3.8) is 0 Å². The Morgan fingerprint density at radius 2 is 2.12 bits per heavy atom. The van der Waals surface area contributed by atoms with Crippen LogP contribution in [0.2, 0.25) is 0 Å². The standard InChI is InChI=1S/C18H16N4OS/c1-4-13-14(10-19)18(22-11(2)15(13)21-3)24-16(17(20)23)12-8-6-5-7-9-12/h5-9,16H,4H2,1-2H3,(H2,20,23). The van der Waals surface area contributed by atoms with Gasteiger partial charge in [0.1, 0.15) is 16.3 Å². The van der Waals surface area contributed by atoms with Crippen LogP contribution in [-0.2, 0) is 11.2 Å². The molecule has 1 heterocycles. The van der Waals surface area contributed by atoms with E-state index in [-0.39, 0.29) is 0 Å². The third-order valence-electron chi connectivity index (χ3n) is 3.58. The molecule has 2 N–H and O–H groups in total. The number of thioether (sulfide) groups is 1. The molecule has 0 aliphatic heterocycles. The van der Waals surface area contributed by atoms with Crippen LogP contribution in [0.1, 0.15) is 34.6 Å². The largest absolute Gasteiger partial charge is 0.368 e. The molecule has 120 valence electrons. The summed E-state index contributed by atoms with van der Waals surface area (Å²) in [6.07, 6.45) is 0.546. The number of aromatic nitrogens is 1. The number of rotatable bonds is 5. The number of aryl methyl sites for hydroxylation is 1. The number of pyridine rings is 1. The molecule has 0 saturated heterocycles. The van der Waals surface area contributed by atoms with Crippen molar-refractivity contribution in [1.82, 2.24) is 4.98 Å². The topological polar surface area (TPSA) is 84.1 Å². The molecule has 5 nitrogen and oxygen atoms in total. The number of carbonyl (C=O) groups is 1. The van der Waals surface area contributed by atoms with Gasteiger partial charge in [-0.05, 0) is 24.5 Å². The third kappa shape index (κ3) is 3.40. The van der Waals surface area contributed by atoms with E-state index in [9.17, 15) is 10.1 Å². The molecule has 0 bridgehead atoms. The quantitative estimate of drug-likeness (QED) is 0.666. The summed E-state index contributed by atoms with van der Waals surface area (Å²) >= 11 is 1.15. The Morgan fingerprint density at radius 1 is 1.46 bits per heavy atom. The summed E-state index contributed by atoms with van der Waals surface area (Å²) in [7, 11) is 0. The predicted octanol–water partition coefficient (Wildman–Crippen LogP) is 3.69. The van der Waals surface area contributed by atoms with E-state index in [4.69, 9.17) is 12.3 Å². The number of nitriles is 1. The van der Waals surface area contributed by atoms with Crippen LogP contribution in [-0.4, -0.2) is 10.9 Å². The van der Waals surface area contributed by atoms with Crippen LogP contribution in [0, 0.1) is 24.8 Å². The first kappa shape index (κ1) is 17.5. The molecule has 0 fully saturated rings. The van der Waals surface area contributed by atoms with Gasteiger partial charge in [-0.1, -0.05) is 49.0 Å². The summed E-state index contributed by atoms with van der Waals surface area (Å²) in [5.41, 5.74) is 8.29. The molecule has 1 unspecified atom stereocenters. The van der Waals surface area contributed by atoms with Crippen LogP contribution in [0.4, 0.5) is 5.69 Å². The molecular weight excluding hydrogens is 320 g/mol. The van der Waals surface area contributed by atoms with Crippen LogP contribution >= 0.6 is 11.8 Å². The lowest BCUT2D eigenvalue weighted by Crippen LogP contribution is -2.19. The highest BCUT2D eigenvalue weighted by atomic mass is 32.2. The molecule has 1 amide bonds. The zero-order chi connectivity index (χ0) is 17.7. The number of benzene rings is 1. The van der Waals surface area contributed by atoms with Crippen LogP contribution in [0.5, 0.6) is 0 Å². The van der Waals surface area contributed by atoms with Gasteiger partial charge in [0, 0.05) is 5.69 Å². The fourth-order valence-electron chi connectivity index (χ4n) is 2.45. The fourth-order valence-corrected chi connectivity index (χ4v) is 3.56. The van der Waals surface area contributed by atoms with E-state index in [2.05, 4.69) is 15.9 Å². The van der Waals surface area contributed by atoms with E-state index in [1.54, 1.807) is 6.92 Å². The summed E-state index contributed by atoms with van der Waals surface area (Å²) in [4.78, 5) is 19.8. The van der Waals surface area contributed by atoms with Crippen molar-refractivity contribution in [2.75, 3.05) is 0 Å². The van der Waals surface area contributed by atoms with Gasteiger partial charge >= 0.3 is 0 Å². The maximum absolute atomic E-state index is 11.9. The molecule has 1 aromatic carbocycles. The van der Waals surface area contributed by atoms with Gasteiger partial charge in [0.05, 0.1) is 12.1 Å². The van der Waals surface area contributed by atoms with Gasteiger partial charge in [-0.2, -0.15) is 5.26 Å². The van der Waals surface area contributed by atoms with Crippen LogP contribution in [0.15, 0.2) is 35.4 Å². The zero-order valence-electron chi connectivity index (χ0n) is 13.4. The summed E-state index contributed by atoms with van der Waals surface area (Å²) < 4.78 is 0. The molecule has 2 aromatic rings. The van der Waals surface area contributed by atoms with E-state index in [1.165, 1.54) is 0 Å². The zero-order valence-corrected chi connectivity index (χ0v) is 14.2. The van der Waals surface area contributed by atoms with Crippen molar-refractivity contribution in [3.05, 3.63) is 64.1 Å². The first-order chi connectivity index (χ1) is 11.5. The van der Waals surface area contributed by atoms with Crippen LogP contribution in [0.25, 0.3) is 4.85 Å². The van der Waals surface area contributed by atoms with Gasteiger partial charge in [0.25, 0.3) is 0 Å². The Bertz CT molecular complexity index is 850. The fraction of sp³-hybridized carbons (Fsp3) is 0.222. The number of nitrogens with zero attached hydrogens (tertiary/aromatic N) is 3. The van der Waals surface area contributed by atoms with Crippen LogP contribution in [0.3, 0.4) is 0 Å². The first-order valence-corrected chi connectivity index (χ1v) is 8.23. The average molecular weight is 336 g/mol. The van der Waals surface area contributed by atoms with E-state index < -0.39 is 11.2 Å². The molecule has 0 aliphatic carbocycles. The smallest absolute Gasteiger partial charge is 0.235 e. The molecule has 0 saturated carbocycles. The van der Waals surface area contributed by atoms with Gasteiger partial charge in [0.15, 0.2) is 0 Å². The molecule has 1 atom stereocenters. The van der Waals surface area contributed by atoms with E-state index in [0.29, 0.717) is 34.0 Å². The van der Waals surface area contributed by atoms with Gasteiger partial charge in [-0.25, -0.2) is 4.85 Å². The number of hydrogen-bond acceptors (Lipinski definition) is 4. The highest BCUT2D eigenvalue weighted by Crippen LogP contribution is 2.39. The third-order valence-corrected chi connectivity index (χ3v) is 4.84. The van der Waals surface area contributed by atoms with Crippen LogP contribution < -0.4 is 5.73 Å². The second-order valence-electron chi connectivity index (χ2n) is 5.09. The normalized spacial score (nSPS) is 11.3. The number of primary amides is 1. The van der Waals surface area contributed by atoms with E-state index >= 15 is 0 Å². The van der Waals surface area contributed by atoms with Crippen molar-refractivity contribution in [3.8, 4) is 6.07 Å². The van der Waals surface area contributed by atoms with Gasteiger partial charge in [-0.3, -0.25) is 9.78 Å². The minimum absolute atomic E-state index is 0.348. The molecule has 2 rings (SSSR count). The number of carbonyl (C=O) groups excluding carboxylic acids is 1. The monoisotopic (exact) mass is 336 g/mol. The second kappa shape index (κ2) is 7.63. The molecule has 1 aromatic heterocycles. The minimum Gasteiger partial charge on any atom is -0.368 e. The Hall–Kier alpha value is -2.83. The van der Waals surface area contributed by atoms with Crippen molar-refractivity contribution in [2.24, 2.45) is 5.73 Å².